The molecule has 0 unspecified atom stereocenters. The van der Waals surface area contributed by atoms with Crippen LogP contribution in [0.3, 0.4) is 0 Å². The van der Waals surface area contributed by atoms with Gasteiger partial charge in [-0.2, -0.15) is 10.1 Å². The standard InChI is InChI=1S/C19H22N4O3S/c1-6-10-22-16-14(25-4)8-9-15(26-5)17(16)27-19(22)20-18(24)13-11-12(3)23(7-2)21-13/h6,8-9,11H,1,7,10H2,2-5H3. The minimum absolute atomic E-state index is 0.330. The van der Waals surface area contributed by atoms with E-state index in [-0.39, 0.29) is 5.91 Å². The third-order valence-electron chi connectivity index (χ3n) is 4.20. The monoisotopic (exact) mass is 386 g/mol. The van der Waals surface area contributed by atoms with Crippen molar-refractivity contribution in [2.24, 2.45) is 4.99 Å². The van der Waals surface area contributed by atoms with Gasteiger partial charge in [0.1, 0.15) is 21.7 Å². The number of carbonyl (C=O) groups is 1. The number of rotatable bonds is 6. The number of hydrogen-bond acceptors (Lipinski definition) is 5. The summed E-state index contributed by atoms with van der Waals surface area (Å²) in [5.41, 5.74) is 2.08. The number of nitrogens with zero attached hydrogens (tertiary/aromatic N) is 4. The Labute approximate surface area is 161 Å². The molecule has 0 fully saturated rings. The van der Waals surface area contributed by atoms with Crippen LogP contribution < -0.4 is 14.3 Å². The molecule has 0 atom stereocenters. The van der Waals surface area contributed by atoms with E-state index in [2.05, 4.69) is 16.7 Å². The summed E-state index contributed by atoms with van der Waals surface area (Å²) < 4.78 is 15.5. The summed E-state index contributed by atoms with van der Waals surface area (Å²) in [4.78, 5) is 17.6. The molecule has 0 saturated carbocycles. The summed E-state index contributed by atoms with van der Waals surface area (Å²) in [6.45, 7) is 8.90. The van der Waals surface area contributed by atoms with Crippen LogP contribution in [-0.2, 0) is 13.1 Å². The lowest BCUT2D eigenvalue weighted by atomic mass is 10.3. The average Bonchev–Trinajstić information content (AvgIpc) is 3.22. The molecule has 0 bridgehead atoms. The number of ether oxygens (including phenoxy) is 2. The highest BCUT2D eigenvalue weighted by molar-refractivity contribution is 7.16. The van der Waals surface area contributed by atoms with E-state index in [4.69, 9.17) is 9.47 Å². The maximum atomic E-state index is 12.7. The first kappa shape index (κ1) is 18.9. The molecule has 7 nitrogen and oxygen atoms in total. The fraction of sp³-hybridized carbons (Fsp3) is 0.316. The third kappa shape index (κ3) is 3.40. The fourth-order valence-electron chi connectivity index (χ4n) is 2.92. The molecule has 27 heavy (non-hydrogen) atoms. The van der Waals surface area contributed by atoms with Crippen LogP contribution in [0.2, 0.25) is 0 Å². The van der Waals surface area contributed by atoms with Crippen LogP contribution >= 0.6 is 11.3 Å². The van der Waals surface area contributed by atoms with Crippen molar-refractivity contribution in [1.82, 2.24) is 14.3 Å². The zero-order valence-corrected chi connectivity index (χ0v) is 16.7. The molecule has 0 saturated heterocycles. The Morgan fingerprint density at radius 1 is 1.33 bits per heavy atom. The van der Waals surface area contributed by atoms with Gasteiger partial charge in [0.25, 0.3) is 5.91 Å². The minimum atomic E-state index is -0.382. The van der Waals surface area contributed by atoms with Gasteiger partial charge in [0.2, 0.25) is 0 Å². The molecule has 1 amide bonds. The lowest BCUT2D eigenvalue weighted by Gasteiger charge is -2.08. The van der Waals surface area contributed by atoms with Gasteiger partial charge >= 0.3 is 0 Å². The van der Waals surface area contributed by atoms with E-state index in [9.17, 15) is 4.79 Å². The fourth-order valence-corrected chi connectivity index (χ4v) is 4.06. The highest BCUT2D eigenvalue weighted by Gasteiger charge is 2.17. The van der Waals surface area contributed by atoms with Crippen molar-refractivity contribution in [1.29, 1.82) is 0 Å². The maximum Gasteiger partial charge on any atom is 0.300 e. The van der Waals surface area contributed by atoms with Crippen LogP contribution in [0, 0.1) is 6.92 Å². The first-order valence-electron chi connectivity index (χ1n) is 8.52. The molecular weight excluding hydrogens is 364 g/mol. The van der Waals surface area contributed by atoms with Crippen LogP contribution in [0.5, 0.6) is 11.5 Å². The van der Waals surface area contributed by atoms with E-state index in [0.29, 0.717) is 35.1 Å². The Morgan fingerprint density at radius 2 is 2.04 bits per heavy atom. The topological polar surface area (TPSA) is 70.6 Å². The number of aryl methyl sites for hydroxylation is 2. The van der Waals surface area contributed by atoms with Gasteiger partial charge in [0.15, 0.2) is 10.5 Å². The lowest BCUT2D eigenvalue weighted by molar-refractivity contribution is 0.0992. The van der Waals surface area contributed by atoms with E-state index in [0.717, 1.165) is 15.9 Å². The maximum absolute atomic E-state index is 12.7. The predicted octanol–water partition coefficient (Wildman–Crippen LogP) is 3.17. The Hall–Kier alpha value is -2.87. The van der Waals surface area contributed by atoms with Crippen LogP contribution in [0.4, 0.5) is 0 Å². The molecule has 0 N–H and O–H groups in total. The number of methoxy groups -OCH3 is 2. The van der Waals surface area contributed by atoms with E-state index >= 15 is 0 Å². The minimum Gasteiger partial charge on any atom is -0.495 e. The molecule has 142 valence electrons. The van der Waals surface area contributed by atoms with Crippen LogP contribution in [0.25, 0.3) is 10.2 Å². The van der Waals surface area contributed by atoms with Crippen LogP contribution in [-0.4, -0.2) is 34.5 Å². The molecule has 2 heterocycles. The van der Waals surface area contributed by atoms with Crippen molar-refractivity contribution in [3.63, 3.8) is 0 Å². The second-order valence-corrected chi connectivity index (χ2v) is 6.81. The Balaban J connectivity index is 2.23. The van der Waals surface area contributed by atoms with Gasteiger partial charge in [0, 0.05) is 18.8 Å². The number of benzene rings is 1. The lowest BCUT2D eigenvalue weighted by Crippen LogP contribution is -2.17. The van der Waals surface area contributed by atoms with Gasteiger partial charge < -0.3 is 14.0 Å². The number of hydrogen-bond donors (Lipinski definition) is 0. The van der Waals surface area contributed by atoms with E-state index in [1.807, 2.05) is 30.5 Å². The van der Waals surface area contributed by atoms with E-state index in [1.54, 1.807) is 31.0 Å². The zero-order valence-electron chi connectivity index (χ0n) is 15.9. The number of allylic oxidation sites excluding steroid dienone is 1. The molecule has 0 spiro atoms. The molecule has 0 radical (unpaired) electrons. The Kier molecular flexibility index (Phi) is 5.46. The van der Waals surface area contributed by atoms with Gasteiger partial charge in [-0.25, -0.2) is 0 Å². The Bertz CT molecular complexity index is 1070. The summed E-state index contributed by atoms with van der Waals surface area (Å²) in [6, 6.07) is 5.43. The average molecular weight is 386 g/mol. The number of amides is 1. The van der Waals surface area contributed by atoms with E-state index < -0.39 is 0 Å². The number of carbonyl (C=O) groups excluding carboxylic acids is 1. The molecular formula is C19H22N4O3S. The van der Waals surface area contributed by atoms with Gasteiger partial charge in [-0.1, -0.05) is 17.4 Å². The van der Waals surface area contributed by atoms with Crippen molar-refractivity contribution in [2.45, 2.75) is 26.9 Å². The van der Waals surface area contributed by atoms with E-state index in [1.165, 1.54) is 11.3 Å². The second-order valence-electron chi connectivity index (χ2n) is 5.84. The zero-order chi connectivity index (χ0) is 19.6. The smallest absolute Gasteiger partial charge is 0.300 e. The molecule has 0 aliphatic carbocycles. The normalized spacial score (nSPS) is 11.8. The van der Waals surface area contributed by atoms with Crippen molar-refractivity contribution < 1.29 is 14.3 Å². The molecule has 3 aromatic rings. The van der Waals surface area contributed by atoms with Crippen LogP contribution in [0.1, 0.15) is 23.1 Å². The first-order chi connectivity index (χ1) is 13.0. The largest absolute Gasteiger partial charge is 0.495 e. The second kappa shape index (κ2) is 7.79. The van der Waals surface area contributed by atoms with Crippen molar-refractivity contribution in [2.75, 3.05) is 14.2 Å². The highest BCUT2D eigenvalue weighted by atomic mass is 32.1. The summed E-state index contributed by atoms with van der Waals surface area (Å²) in [5.74, 6) is 1.00. The summed E-state index contributed by atoms with van der Waals surface area (Å²) in [5, 5.41) is 4.32. The number of fused-ring (bicyclic) bond motifs is 1. The van der Waals surface area contributed by atoms with Gasteiger partial charge in [0.05, 0.1) is 14.2 Å². The quantitative estimate of drug-likeness (QED) is 0.610. The van der Waals surface area contributed by atoms with Crippen molar-refractivity contribution in [3.05, 3.63) is 47.0 Å². The summed E-state index contributed by atoms with van der Waals surface area (Å²) in [7, 11) is 3.22. The van der Waals surface area contributed by atoms with Crippen molar-refractivity contribution in [3.8, 4) is 11.5 Å². The van der Waals surface area contributed by atoms with Gasteiger partial charge in [-0.05, 0) is 32.0 Å². The van der Waals surface area contributed by atoms with Gasteiger partial charge in [-0.15, -0.1) is 6.58 Å². The SMILES string of the molecule is C=CCn1c(=NC(=O)c2cc(C)n(CC)n2)sc2c(OC)ccc(OC)c21. The molecule has 8 heteroatoms. The van der Waals surface area contributed by atoms with Crippen LogP contribution in [0.15, 0.2) is 35.8 Å². The molecule has 1 aromatic carbocycles. The predicted molar refractivity (Wildman–Crippen MR) is 106 cm³/mol. The molecule has 0 aliphatic heterocycles. The van der Waals surface area contributed by atoms with Crippen molar-refractivity contribution >= 4 is 27.5 Å². The number of thiazole rings is 1. The summed E-state index contributed by atoms with van der Waals surface area (Å²) >= 11 is 1.37. The molecule has 0 aliphatic rings. The first-order valence-corrected chi connectivity index (χ1v) is 9.34. The molecule has 3 rings (SSSR count). The third-order valence-corrected chi connectivity index (χ3v) is 5.29. The Morgan fingerprint density at radius 3 is 2.63 bits per heavy atom. The molecule has 2 aromatic heterocycles. The number of aromatic nitrogens is 3. The summed E-state index contributed by atoms with van der Waals surface area (Å²) in [6.07, 6.45) is 1.75. The highest BCUT2D eigenvalue weighted by Crippen LogP contribution is 2.35. The van der Waals surface area contributed by atoms with Gasteiger partial charge in [-0.3, -0.25) is 9.48 Å².